The first kappa shape index (κ1) is 44.4. The van der Waals surface area contributed by atoms with E-state index < -0.39 is 119 Å². The molecule has 2 fully saturated rings. The predicted molar refractivity (Wildman–Crippen MR) is 194 cm³/mol. The molecular formula is C39H50F5N5O7. The molecule has 2 heterocycles. The van der Waals surface area contributed by atoms with Gasteiger partial charge in [0.2, 0.25) is 17.6 Å². The SMILES string of the molecule is CCCC(CC)(N[C@@H](Cc1ccccc1)C(=O)O)C(=O)[C@@H]1C[C@@H](O)CN1C(=O)C1CCCN1C(=O)CNC(CC)C(=O)[C@@H](N)Cc1c(F)c(F)c(F)c(F)c1F. The smallest absolute Gasteiger partial charge is 0.321 e. The molecular weight excluding hydrogens is 745 g/mol. The molecule has 0 aliphatic carbocycles. The van der Waals surface area contributed by atoms with Gasteiger partial charge in [0.25, 0.3) is 0 Å². The lowest BCUT2D eigenvalue weighted by Gasteiger charge is -2.39. The molecule has 0 bridgehead atoms. The maximum Gasteiger partial charge on any atom is 0.321 e. The first-order chi connectivity index (χ1) is 26.5. The zero-order chi connectivity index (χ0) is 41.5. The van der Waals surface area contributed by atoms with Crippen LogP contribution in [0.2, 0.25) is 0 Å². The molecule has 2 aromatic rings. The molecule has 0 radical (unpaired) electrons. The Morgan fingerprint density at radius 1 is 0.893 bits per heavy atom. The number of rotatable bonds is 19. The fourth-order valence-electron chi connectivity index (χ4n) is 7.83. The number of carboxylic acid groups (broad SMARTS) is 1. The minimum Gasteiger partial charge on any atom is -0.480 e. The Kier molecular flexibility index (Phi) is 15.2. The van der Waals surface area contributed by atoms with Crippen molar-refractivity contribution >= 4 is 29.4 Å². The number of nitrogens with one attached hydrogen (secondary N) is 2. The molecule has 17 heteroatoms. The minimum atomic E-state index is -2.34. The zero-order valence-electron chi connectivity index (χ0n) is 31.6. The molecule has 0 aromatic heterocycles. The van der Waals surface area contributed by atoms with Crippen molar-refractivity contribution in [3.63, 3.8) is 0 Å². The van der Waals surface area contributed by atoms with Crippen molar-refractivity contribution in [1.82, 2.24) is 20.4 Å². The zero-order valence-corrected chi connectivity index (χ0v) is 31.6. The first-order valence-corrected chi connectivity index (χ1v) is 18.9. The number of amides is 2. The van der Waals surface area contributed by atoms with Gasteiger partial charge in [-0.2, -0.15) is 0 Å². The molecule has 56 heavy (non-hydrogen) atoms. The number of Topliss-reactive ketones (excluding diaryl/α,β-unsaturated/α-hetero) is 2. The molecule has 2 aromatic carbocycles. The Morgan fingerprint density at radius 2 is 1.52 bits per heavy atom. The number of aliphatic hydroxyl groups is 1. The number of nitrogens with two attached hydrogens (primary N) is 1. The number of likely N-dealkylation sites (tertiary alicyclic amines) is 2. The summed E-state index contributed by atoms with van der Waals surface area (Å²) in [4.78, 5) is 70.4. The molecule has 6 N–H and O–H groups in total. The maximum absolute atomic E-state index is 14.5. The minimum absolute atomic E-state index is 0.0355. The summed E-state index contributed by atoms with van der Waals surface area (Å²) in [5, 5.41) is 26.8. The number of nitrogens with zero attached hydrogens (tertiary/aromatic N) is 2. The molecule has 0 saturated carbocycles. The lowest BCUT2D eigenvalue weighted by atomic mass is 9.80. The number of aliphatic hydroxyl groups excluding tert-OH is 1. The van der Waals surface area contributed by atoms with E-state index in [9.17, 15) is 56.1 Å². The molecule has 2 aliphatic heterocycles. The van der Waals surface area contributed by atoms with E-state index >= 15 is 0 Å². The number of halogens is 5. The number of carbonyl (C=O) groups excluding carboxylic acids is 4. The van der Waals surface area contributed by atoms with Gasteiger partial charge < -0.3 is 25.7 Å². The summed E-state index contributed by atoms with van der Waals surface area (Å²) < 4.78 is 69.5. The van der Waals surface area contributed by atoms with Crippen LogP contribution in [0.3, 0.4) is 0 Å². The van der Waals surface area contributed by atoms with Crippen LogP contribution in [0.4, 0.5) is 22.0 Å². The number of ketones is 2. The van der Waals surface area contributed by atoms with Crippen molar-refractivity contribution < 1.29 is 56.1 Å². The van der Waals surface area contributed by atoms with Crippen molar-refractivity contribution in [2.75, 3.05) is 19.6 Å². The van der Waals surface area contributed by atoms with Crippen molar-refractivity contribution in [3.05, 3.63) is 70.5 Å². The second-order valence-electron chi connectivity index (χ2n) is 14.5. The second kappa shape index (κ2) is 19.2. The molecule has 12 nitrogen and oxygen atoms in total. The third-order valence-electron chi connectivity index (χ3n) is 10.8. The average Bonchev–Trinajstić information content (AvgIpc) is 3.84. The van der Waals surface area contributed by atoms with Gasteiger partial charge in [-0.25, -0.2) is 22.0 Å². The summed E-state index contributed by atoms with van der Waals surface area (Å²) in [6.45, 7) is 4.65. The fourth-order valence-corrected chi connectivity index (χ4v) is 7.83. The lowest BCUT2D eigenvalue weighted by Crippen LogP contribution is -2.63. The molecule has 2 aliphatic rings. The highest BCUT2D eigenvalue weighted by Gasteiger charge is 2.50. The number of benzene rings is 2. The molecule has 3 unspecified atom stereocenters. The van der Waals surface area contributed by atoms with E-state index in [-0.39, 0.29) is 51.6 Å². The highest BCUT2D eigenvalue weighted by Crippen LogP contribution is 2.32. The normalized spacial score (nSPS) is 21.1. The number of β-amino-alcohol motifs (C(OH)–C–C–N with tert-alkyl or cyclic N) is 1. The Morgan fingerprint density at radius 3 is 2.09 bits per heavy atom. The Bertz CT molecular complexity index is 1740. The lowest BCUT2D eigenvalue weighted by molar-refractivity contribution is -0.148. The molecule has 4 rings (SSSR count). The topological polar surface area (TPSA) is 182 Å². The van der Waals surface area contributed by atoms with Crippen LogP contribution in [-0.2, 0) is 36.8 Å². The van der Waals surface area contributed by atoms with Crippen LogP contribution in [-0.4, -0.2) is 111 Å². The molecule has 7 atom stereocenters. The van der Waals surface area contributed by atoms with E-state index in [1.807, 2.05) is 6.92 Å². The second-order valence-corrected chi connectivity index (χ2v) is 14.5. The molecule has 0 spiro atoms. The summed E-state index contributed by atoms with van der Waals surface area (Å²) in [6.07, 6.45) is -0.363. The van der Waals surface area contributed by atoms with E-state index in [4.69, 9.17) is 5.73 Å². The summed E-state index contributed by atoms with van der Waals surface area (Å²) in [5.74, 6) is -14.5. The van der Waals surface area contributed by atoms with Crippen molar-refractivity contribution in [2.24, 2.45) is 5.73 Å². The standard InChI is InChI=1S/C39H50F5N5O7/c1-4-14-39(6-3,47-26(38(55)56)16-21-11-8-7-9-12-21)36(53)28-17-22(50)20-49(28)37(54)27-13-10-15-48(27)29(51)19-46-25(5-2)35(52)24(45)18-23-30(40)32(42)34(44)33(43)31(23)41/h7-9,11-12,22,24-28,46-47,50H,4-6,10,13-20,45H2,1-3H3,(H,55,56)/t22-,24+,25?,26+,27?,28+,39?/m1/s1. The van der Waals surface area contributed by atoms with Crippen LogP contribution in [0.15, 0.2) is 30.3 Å². The van der Waals surface area contributed by atoms with Gasteiger partial charge in [0.05, 0.1) is 36.3 Å². The number of carbonyl (C=O) groups is 5. The molecule has 2 saturated heterocycles. The highest BCUT2D eigenvalue weighted by molar-refractivity contribution is 5.98. The predicted octanol–water partition coefficient (Wildman–Crippen LogP) is 2.95. The van der Waals surface area contributed by atoms with Gasteiger partial charge in [0.15, 0.2) is 34.8 Å². The van der Waals surface area contributed by atoms with E-state index in [2.05, 4.69) is 10.6 Å². The van der Waals surface area contributed by atoms with Crippen LogP contribution >= 0.6 is 0 Å². The van der Waals surface area contributed by atoms with Gasteiger partial charge in [-0.3, -0.25) is 34.6 Å². The monoisotopic (exact) mass is 795 g/mol. The number of hydrogen-bond acceptors (Lipinski definition) is 9. The van der Waals surface area contributed by atoms with Crippen molar-refractivity contribution in [2.45, 2.75) is 120 Å². The third kappa shape index (κ3) is 9.61. The van der Waals surface area contributed by atoms with Gasteiger partial charge in [0, 0.05) is 31.5 Å². The first-order valence-electron chi connectivity index (χ1n) is 18.9. The number of carboxylic acids is 1. The van der Waals surface area contributed by atoms with E-state index in [0.29, 0.717) is 12.8 Å². The van der Waals surface area contributed by atoms with Crippen LogP contribution in [0.25, 0.3) is 0 Å². The van der Waals surface area contributed by atoms with Gasteiger partial charge >= 0.3 is 5.97 Å². The van der Waals surface area contributed by atoms with Crippen molar-refractivity contribution in [1.29, 1.82) is 0 Å². The summed E-state index contributed by atoms with van der Waals surface area (Å²) in [7, 11) is 0. The van der Waals surface area contributed by atoms with Gasteiger partial charge in [-0.15, -0.1) is 0 Å². The van der Waals surface area contributed by atoms with E-state index in [0.717, 1.165) is 5.56 Å². The largest absolute Gasteiger partial charge is 0.480 e. The summed E-state index contributed by atoms with van der Waals surface area (Å²) >= 11 is 0. The Hall–Kier alpha value is -4.32. The number of hydrogen-bond donors (Lipinski definition) is 5. The van der Waals surface area contributed by atoms with Gasteiger partial charge in [-0.05, 0) is 44.1 Å². The highest BCUT2D eigenvalue weighted by atomic mass is 19.2. The molecule has 308 valence electrons. The van der Waals surface area contributed by atoms with Gasteiger partial charge in [-0.1, -0.05) is 57.5 Å². The van der Waals surface area contributed by atoms with Crippen molar-refractivity contribution in [3.8, 4) is 0 Å². The van der Waals surface area contributed by atoms with E-state index in [1.54, 1.807) is 44.2 Å². The van der Waals surface area contributed by atoms with Crippen LogP contribution in [0.5, 0.6) is 0 Å². The molecule has 2 amide bonds. The van der Waals surface area contributed by atoms with E-state index in [1.165, 1.54) is 9.80 Å². The fraction of sp³-hybridized carbons (Fsp3) is 0.564. The quantitative estimate of drug-likeness (QED) is 0.0806. The summed E-state index contributed by atoms with van der Waals surface area (Å²) in [6, 6.07) is 2.82. The van der Waals surface area contributed by atoms with Gasteiger partial charge in [0.1, 0.15) is 12.1 Å². The number of aliphatic carboxylic acids is 1. The van der Waals surface area contributed by atoms with Crippen LogP contribution in [0, 0.1) is 29.1 Å². The van der Waals surface area contributed by atoms with Crippen LogP contribution in [0.1, 0.15) is 76.8 Å². The summed E-state index contributed by atoms with van der Waals surface area (Å²) in [5.41, 5.74) is 4.01. The Labute approximate surface area is 322 Å². The maximum atomic E-state index is 14.5. The third-order valence-corrected chi connectivity index (χ3v) is 10.8. The van der Waals surface area contributed by atoms with Crippen LogP contribution < -0.4 is 16.4 Å². The Balaban J connectivity index is 1.47. The average molecular weight is 796 g/mol.